The molecule has 2 aromatic rings. The van der Waals surface area contributed by atoms with Gasteiger partial charge in [0.15, 0.2) is 0 Å². The maximum absolute atomic E-state index is 14.7. The molecule has 1 atom stereocenters. The van der Waals surface area contributed by atoms with Crippen molar-refractivity contribution in [2.45, 2.75) is 77.6 Å². The Bertz CT molecular complexity index is 761. The molecule has 0 bridgehead atoms. The molecule has 3 rings (SSSR count). The molecule has 0 spiro atoms. The van der Waals surface area contributed by atoms with Crippen molar-refractivity contribution < 1.29 is 13.5 Å². The maximum Gasteiger partial charge on any atom is 0.129 e. The summed E-state index contributed by atoms with van der Waals surface area (Å²) in [7, 11) is 0. The number of fused-ring (bicyclic) bond motifs is 1. The van der Waals surface area contributed by atoms with Crippen LogP contribution in [0.25, 0.3) is 0 Å². The fourth-order valence-corrected chi connectivity index (χ4v) is 4.16. The van der Waals surface area contributed by atoms with Crippen LogP contribution in [0.1, 0.15) is 80.5 Å². The van der Waals surface area contributed by atoms with Crippen LogP contribution in [0, 0.1) is 11.6 Å². The number of aryl methyl sites for hydroxylation is 2. The van der Waals surface area contributed by atoms with Gasteiger partial charge in [0, 0.05) is 5.56 Å². The molecule has 28 heavy (non-hydrogen) atoms. The topological polar surface area (TPSA) is 9.23 Å². The second-order valence-corrected chi connectivity index (χ2v) is 8.00. The Kier molecular flexibility index (Phi) is 7.47. The molecule has 0 fully saturated rings. The molecule has 0 aromatic heterocycles. The largest absolute Gasteiger partial charge is 0.494 e. The smallest absolute Gasteiger partial charge is 0.129 e. The van der Waals surface area contributed by atoms with Gasteiger partial charge in [0.05, 0.1) is 6.61 Å². The third-order valence-corrected chi connectivity index (χ3v) is 5.79. The van der Waals surface area contributed by atoms with Crippen LogP contribution in [0.15, 0.2) is 30.3 Å². The molecule has 1 aliphatic carbocycles. The summed E-state index contributed by atoms with van der Waals surface area (Å²) >= 11 is 0. The van der Waals surface area contributed by atoms with Crippen molar-refractivity contribution in [1.82, 2.24) is 0 Å². The predicted molar refractivity (Wildman–Crippen MR) is 111 cm³/mol. The first-order chi connectivity index (χ1) is 13.6. The summed E-state index contributed by atoms with van der Waals surface area (Å²) in [6.07, 6.45) is 8.45. The molecule has 1 unspecified atom stereocenters. The first kappa shape index (κ1) is 20.8. The zero-order chi connectivity index (χ0) is 19.9. The van der Waals surface area contributed by atoms with Crippen LogP contribution >= 0.6 is 0 Å². The molecule has 3 heteroatoms. The highest BCUT2D eigenvalue weighted by Crippen LogP contribution is 2.37. The highest BCUT2D eigenvalue weighted by atomic mass is 19.1. The molecule has 1 nitrogen and oxygen atoms in total. The first-order valence-corrected chi connectivity index (χ1v) is 10.8. The van der Waals surface area contributed by atoms with Crippen molar-refractivity contribution in [3.05, 3.63) is 64.2 Å². The number of unbranched alkanes of at least 4 members (excludes halogenated alkanes) is 3. The normalized spacial score (nSPS) is 16.1. The van der Waals surface area contributed by atoms with Crippen LogP contribution < -0.4 is 4.74 Å². The minimum absolute atomic E-state index is 0.0935. The fourth-order valence-electron chi connectivity index (χ4n) is 4.16. The van der Waals surface area contributed by atoms with Gasteiger partial charge in [-0.25, -0.2) is 8.78 Å². The number of rotatable bonds is 9. The van der Waals surface area contributed by atoms with Crippen molar-refractivity contribution in [1.29, 1.82) is 0 Å². The van der Waals surface area contributed by atoms with E-state index in [9.17, 15) is 8.78 Å². The lowest BCUT2D eigenvalue weighted by atomic mass is 9.79. The highest BCUT2D eigenvalue weighted by molar-refractivity contribution is 5.40. The summed E-state index contributed by atoms with van der Waals surface area (Å²) in [4.78, 5) is 0. The zero-order valence-corrected chi connectivity index (χ0v) is 17.2. The second-order valence-electron chi connectivity index (χ2n) is 8.00. The Morgan fingerprint density at radius 2 is 1.68 bits per heavy atom. The van der Waals surface area contributed by atoms with Crippen molar-refractivity contribution in [2.24, 2.45) is 0 Å². The van der Waals surface area contributed by atoms with E-state index in [-0.39, 0.29) is 23.1 Å². The quantitative estimate of drug-likeness (QED) is 0.416. The van der Waals surface area contributed by atoms with Gasteiger partial charge in [0.1, 0.15) is 17.4 Å². The fraction of sp³-hybridized carbons (Fsp3) is 0.520. The molecule has 2 aromatic carbocycles. The second kappa shape index (κ2) is 10.0. The van der Waals surface area contributed by atoms with Crippen LogP contribution in [-0.4, -0.2) is 6.61 Å². The van der Waals surface area contributed by atoms with E-state index in [1.807, 2.05) is 6.07 Å². The molecule has 152 valence electrons. The third kappa shape index (κ3) is 5.12. The van der Waals surface area contributed by atoms with Gasteiger partial charge in [-0.2, -0.15) is 0 Å². The van der Waals surface area contributed by atoms with Crippen molar-refractivity contribution in [3.63, 3.8) is 0 Å². The lowest BCUT2D eigenvalue weighted by Crippen LogP contribution is -2.16. The van der Waals surface area contributed by atoms with E-state index in [4.69, 9.17) is 4.74 Å². The van der Waals surface area contributed by atoms with E-state index in [0.717, 1.165) is 56.4 Å². The predicted octanol–water partition coefficient (Wildman–Crippen LogP) is 7.15. The van der Waals surface area contributed by atoms with E-state index < -0.39 is 0 Å². The van der Waals surface area contributed by atoms with Crippen molar-refractivity contribution in [3.8, 4) is 5.75 Å². The Balaban J connectivity index is 1.70. The molecule has 1 aliphatic rings. The minimum atomic E-state index is -0.379. The van der Waals surface area contributed by atoms with Gasteiger partial charge >= 0.3 is 0 Å². The summed E-state index contributed by atoms with van der Waals surface area (Å²) in [5.74, 6) is 0.0563. The number of benzene rings is 2. The van der Waals surface area contributed by atoms with E-state index >= 15 is 0 Å². The average Bonchev–Trinajstić information content (AvgIpc) is 2.69. The number of hydrogen-bond acceptors (Lipinski definition) is 1. The summed E-state index contributed by atoms with van der Waals surface area (Å²) in [5, 5.41) is 0. The monoisotopic (exact) mass is 386 g/mol. The Labute approximate surface area is 168 Å². The maximum atomic E-state index is 14.7. The number of hydrogen-bond donors (Lipinski definition) is 0. The molecule has 0 N–H and O–H groups in total. The highest BCUT2D eigenvalue weighted by Gasteiger charge is 2.26. The van der Waals surface area contributed by atoms with E-state index in [0.29, 0.717) is 6.42 Å². The lowest BCUT2D eigenvalue weighted by molar-refractivity contribution is 0.305. The molecule has 0 radical (unpaired) electrons. The van der Waals surface area contributed by atoms with Gasteiger partial charge in [-0.05, 0) is 85.4 Å². The lowest BCUT2D eigenvalue weighted by Gasteiger charge is -2.26. The van der Waals surface area contributed by atoms with Crippen molar-refractivity contribution in [2.75, 3.05) is 6.61 Å². The Morgan fingerprint density at radius 1 is 0.929 bits per heavy atom. The molecule has 0 saturated heterocycles. The molecule has 0 amide bonds. The molecule has 0 saturated carbocycles. The van der Waals surface area contributed by atoms with E-state index in [1.165, 1.54) is 36.1 Å². The molecule has 0 heterocycles. The van der Waals surface area contributed by atoms with Gasteiger partial charge in [0.25, 0.3) is 0 Å². The van der Waals surface area contributed by atoms with Crippen LogP contribution in [0.4, 0.5) is 8.78 Å². The third-order valence-electron chi connectivity index (χ3n) is 5.79. The Morgan fingerprint density at radius 3 is 2.39 bits per heavy atom. The number of halogens is 2. The van der Waals surface area contributed by atoms with Crippen LogP contribution in [0.5, 0.6) is 5.75 Å². The van der Waals surface area contributed by atoms with Crippen LogP contribution in [0.2, 0.25) is 0 Å². The van der Waals surface area contributed by atoms with E-state index in [1.54, 1.807) is 0 Å². The van der Waals surface area contributed by atoms with Gasteiger partial charge < -0.3 is 4.74 Å². The van der Waals surface area contributed by atoms with E-state index in [2.05, 4.69) is 26.0 Å². The molecule has 0 aliphatic heterocycles. The minimum Gasteiger partial charge on any atom is -0.494 e. The summed E-state index contributed by atoms with van der Waals surface area (Å²) in [6, 6.07) is 9.25. The van der Waals surface area contributed by atoms with Gasteiger partial charge in [-0.15, -0.1) is 0 Å². The summed E-state index contributed by atoms with van der Waals surface area (Å²) in [5.41, 5.74) is 3.48. The number of ether oxygens (including phenoxy) is 1. The Hall–Kier alpha value is -1.90. The zero-order valence-electron chi connectivity index (χ0n) is 17.2. The summed E-state index contributed by atoms with van der Waals surface area (Å²) < 4.78 is 35.3. The van der Waals surface area contributed by atoms with Gasteiger partial charge in [-0.3, -0.25) is 0 Å². The van der Waals surface area contributed by atoms with Crippen LogP contribution in [0.3, 0.4) is 0 Å². The average molecular weight is 387 g/mol. The molecular formula is C25H32F2O. The first-order valence-electron chi connectivity index (χ1n) is 10.8. The van der Waals surface area contributed by atoms with Crippen LogP contribution in [-0.2, 0) is 19.3 Å². The summed E-state index contributed by atoms with van der Waals surface area (Å²) in [6.45, 7) is 5.01. The van der Waals surface area contributed by atoms with Crippen molar-refractivity contribution >= 4 is 0 Å². The molecular weight excluding hydrogens is 354 g/mol. The van der Waals surface area contributed by atoms with Gasteiger partial charge in [-0.1, -0.05) is 39.2 Å². The standard InChI is InChI=1S/C25H32F2O/c1-3-5-7-13-28-22-12-11-19-16-21(10-9-20(19)17-22)25-23(26)14-18(8-6-4-2)15-24(25)27/h11-12,14-15,17,21H,3-10,13,16H2,1-2H3. The van der Waals surface area contributed by atoms with Gasteiger partial charge in [0.2, 0.25) is 0 Å². The SMILES string of the molecule is CCCCCOc1ccc2c(c1)CCC(c1c(F)cc(CCCC)cc1F)C2.